The number of aromatic nitrogens is 2. The molecular formula is C12H15N3O2S. The number of rotatable bonds is 4. The summed E-state index contributed by atoms with van der Waals surface area (Å²) < 4.78 is 0. The van der Waals surface area contributed by atoms with E-state index in [1.165, 1.54) is 0 Å². The minimum atomic E-state index is -0.866. The van der Waals surface area contributed by atoms with Gasteiger partial charge in [-0.2, -0.15) is 0 Å². The zero-order valence-corrected chi connectivity index (χ0v) is 11.4. The van der Waals surface area contributed by atoms with Crippen molar-refractivity contribution in [2.75, 3.05) is 18.5 Å². The lowest BCUT2D eigenvalue weighted by Crippen LogP contribution is -2.26. The van der Waals surface area contributed by atoms with Crippen molar-refractivity contribution in [3.05, 3.63) is 16.8 Å². The highest BCUT2D eigenvalue weighted by Crippen LogP contribution is 2.30. The van der Waals surface area contributed by atoms with Crippen molar-refractivity contribution in [2.24, 2.45) is 0 Å². The molecule has 0 unspecified atom stereocenters. The number of hydrogen-bond donors (Lipinski definition) is 1. The lowest BCUT2D eigenvalue weighted by molar-refractivity contribution is -0.135. The van der Waals surface area contributed by atoms with E-state index in [2.05, 4.69) is 9.97 Å². The lowest BCUT2D eigenvalue weighted by atomic mass is 10.3. The van der Waals surface area contributed by atoms with Gasteiger partial charge in [0.1, 0.15) is 23.0 Å². The third kappa shape index (κ3) is 2.43. The molecule has 0 aliphatic heterocycles. The van der Waals surface area contributed by atoms with Crippen LogP contribution in [-0.4, -0.2) is 34.6 Å². The van der Waals surface area contributed by atoms with E-state index in [9.17, 15) is 4.79 Å². The van der Waals surface area contributed by atoms with Crippen LogP contribution in [0.5, 0.6) is 0 Å². The minimum Gasteiger partial charge on any atom is -0.480 e. The van der Waals surface area contributed by atoms with Crippen molar-refractivity contribution in [1.82, 2.24) is 9.97 Å². The summed E-state index contributed by atoms with van der Waals surface area (Å²) in [7, 11) is 1.74. The summed E-state index contributed by atoms with van der Waals surface area (Å²) in [6.07, 6.45) is 0.737. The van der Waals surface area contributed by atoms with E-state index in [1.54, 1.807) is 23.3 Å². The molecule has 2 heterocycles. The number of aryl methyl sites for hydroxylation is 2. The van der Waals surface area contributed by atoms with Gasteiger partial charge in [-0.05, 0) is 13.0 Å². The molecule has 2 aromatic rings. The van der Waals surface area contributed by atoms with E-state index in [1.807, 2.05) is 19.9 Å². The molecule has 2 rings (SSSR count). The average Bonchev–Trinajstić information content (AvgIpc) is 2.66. The number of fused-ring (bicyclic) bond motifs is 1. The van der Waals surface area contributed by atoms with Crippen LogP contribution in [0.4, 0.5) is 5.82 Å². The molecule has 6 heteroatoms. The fourth-order valence-electron chi connectivity index (χ4n) is 1.80. The van der Waals surface area contributed by atoms with Crippen LogP contribution in [0, 0.1) is 6.92 Å². The molecule has 2 aromatic heterocycles. The number of carboxylic acid groups (broad SMARTS) is 1. The fourth-order valence-corrected chi connectivity index (χ4v) is 2.69. The van der Waals surface area contributed by atoms with Crippen molar-refractivity contribution >= 4 is 33.3 Å². The van der Waals surface area contributed by atoms with Crippen LogP contribution < -0.4 is 4.90 Å². The lowest BCUT2D eigenvalue weighted by Gasteiger charge is -2.17. The Bertz CT molecular complexity index is 594. The van der Waals surface area contributed by atoms with Gasteiger partial charge in [-0.3, -0.25) is 4.79 Å². The molecular weight excluding hydrogens is 250 g/mol. The van der Waals surface area contributed by atoms with Gasteiger partial charge in [0.2, 0.25) is 0 Å². The molecule has 0 saturated heterocycles. The summed E-state index contributed by atoms with van der Waals surface area (Å²) in [4.78, 5) is 23.4. The molecule has 0 saturated carbocycles. The van der Waals surface area contributed by atoms with Gasteiger partial charge in [-0.15, -0.1) is 11.3 Å². The Hall–Kier alpha value is -1.69. The third-order valence-electron chi connectivity index (χ3n) is 2.59. The number of hydrogen-bond acceptors (Lipinski definition) is 5. The third-order valence-corrected chi connectivity index (χ3v) is 3.54. The number of aliphatic carboxylic acids is 1. The molecule has 96 valence electrons. The summed E-state index contributed by atoms with van der Waals surface area (Å²) in [5.41, 5.74) is 0. The standard InChI is InChI=1S/C12H15N3O2S/c1-4-9-13-11(15(3)6-10(16)17)8-5-7(2)18-12(8)14-9/h5H,4,6H2,1-3H3,(H,16,17). The van der Waals surface area contributed by atoms with Crippen molar-refractivity contribution < 1.29 is 9.90 Å². The topological polar surface area (TPSA) is 66.3 Å². The Balaban J connectivity index is 2.55. The fraction of sp³-hybridized carbons (Fsp3) is 0.417. The first-order valence-corrected chi connectivity index (χ1v) is 6.53. The van der Waals surface area contributed by atoms with Crippen LogP contribution in [0.1, 0.15) is 17.6 Å². The highest BCUT2D eigenvalue weighted by molar-refractivity contribution is 7.18. The van der Waals surface area contributed by atoms with E-state index in [4.69, 9.17) is 5.11 Å². The SMILES string of the molecule is CCc1nc(N(C)CC(=O)O)c2cc(C)sc2n1. The van der Waals surface area contributed by atoms with Crippen molar-refractivity contribution in [3.63, 3.8) is 0 Å². The van der Waals surface area contributed by atoms with Gasteiger partial charge < -0.3 is 10.0 Å². The summed E-state index contributed by atoms with van der Waals surface area (Å²) >= 11 is 1.61. The molecule has 0 radical (unpaired) electrons. The van der Waals surface area contributed by atoms with Crippen molar-refractivity contribution in [2.45, 2.75) is 20.3 Å². The molecule has 1 N–H and O–H groups in total. The Kier molecular flexibility index (Phi) is 3.47. The van der Waals surface area contributed by atoms with E-state index in [-0.39, 0.29) is 6.54 Å². The number of likely N-dealkylation sites (N-methyl/N-ethyl adjacent to an activating group) is 1. The molecule has 0 atom stereocenters. The van der Waals surface area contributed by atoms with Gasteiger partial charge >= 0.3 is 5.97 Å². The number of nitrogens with zero attached hydrogens (tertiary/aromatic N) is 3. The maximum absolute atomic E-state index is 10.8. The molecule has 0 bridgehead atoms. The van der Waals surface area contributed by atoms with Crippen LogP contribution in [0.2, 0.25) is 0 Å². The normalized spacial score (nSPS) is 10.8. The van der Waals surface area contributed by atoms with E-state index < -0.39 is 5.97 Å². The summed E-state index contributed by atoms with van der Waals surface area (Å²) in [6.45, 7) is 3.94. The Morgan fingerprint density at radius 2 is 2.22 bits per heavy atom. The average molecular weight is 265 g/mol. The van der Waals surface area contributed by atoms with Crippen molar-refractivity contribution in [1.29, 1.82) is 0 Å². The van der Waals surface area contributed by atoms with Crippen LogP contribution in [0.25, 0.3) is 10.2 Å². The number of anilines is 1. The van der Waals surface area contributed by atoms with Crippen LogP contribution >= 0.6 is 11.3 Å². The monoisotopic (exact) mass is 265 g/mol. The van der Waals surface area contributed by atoms with Gasteiger partial charge in [0.25, 0.3) is 0 Å². The van der Waals surface area contributed by atoms with E-state index in [0.29, 0.717) is 5.82 Å². The first-order chi connectivity index (χ1) is 8.51. The van der Waals surface area contributed by atoms with Crippen molar-refractivity contribution in [3.8, 4) is 0 Å². The second-order valence-corrected chi connectivity index (χ2v) is 5.38. The van der Waals surface area contributed by atoms with Gasteiger partial charge in [0.15, 0.2) is 0 Å². The van der Waals surface area contributed by atoms with Crippen LogP contribution in [0.3, 0.4) is 0 Å². The second-order valence-electron chi connectivity index (χ2n) is 4.14. The zero-order chi connectivity index (χ0) is 13.3. The second kappa shape index (κ2) is 4.89. The Morgan fingerprint density at radius 1 is 1.50 bits per heavy atom. The van der Waals surface area contributed by atoms with Crippen LogP contribution in [-0.2, 0) is 11.2 Å². The summed E-state index contributed by atoms with van der Waals surface area (Å²) in [5.74, 6) is 0.578. The number of thiophene rings is 1. The Labute approximate surface area is 109 Å². The molecule has 0 aromatic carbocycles. The predicted molar refractivity (Wildman–Crippen MR) is 72.4 cm³/mol. The molecule has 18 heavy (non-hydrogen) atoms. The highest BCUT2D eigenvalue weighted by atomic mass is 32.1. The van der Waals surface area contributed by atoms with Gasteiger partial charge in [0.05, 0.1) is 5.39 Å². The first kappa shape index (κ1) is 12.8. The highest BCUT2D eigenvalue weighted by Gasteiger charge is 2.15. The molecule has 0 aliphatic carbocycles. The zero-order valence-electron chi connectivity index (χ0n) is 10.6. The van der Waals surface area contributed by atoms with Crippen LogP contribution in [0.15, 0.2) is 6.07 Å². The first-order valence-electron chi connectivity index (χ1n) is 5.71. The smallest absolute Gasteiger partial charge is 0.323 e. The molecule has 5 nitrogen and oxygen atoms in total. The van der Waals surface area contributed by atoms with Gasteiger partial charge in [-0.1, -0.05) is 6.92 Å². The maximum Gasteiger partial charge on any atom is 0.323 e. The van der Waals surface area contributed by atoms with Gasteiger partial charge in [0, 0.05) is 18.3 Å². The molecule has 0 aliphatic rings. The number of carbonyl (C=O) groups is 1. The Morgan fingerprint density at radius 3 is 2.83 bits per heavy atom. The number of carboxylic acids is 1. The molecule has 0 amide bonds. The van der Waals surface area contributed by atoms with E-state index >= 15 is 0 Å². The van der Waals surface area contributed by atoms with Gasteiger partial charge in [-0.25, -0.2) is 9.97 Å². The molecule has 0 fully saturated rings. The molecule has 0 spiro atoms. The predicted octanol–water partition coefficient (Wildman–Crippen LogP) is 2.08. The summed E-state index contributed by atoms with van der Waals surface area (Å²) in [5, 5.41) is 9.80. The quantitative estimate of drug-likeness (QED) is 0.916. The minimum absolute atomic E-state index is 0.0653. The maximum atomic E-state index is 10.8. The summed E-state index contributed by atoms with van der Waals surface area (Å²) in [6, 6.07) is 2.01. The largest absolute Gasteiger partial charge is 0.480 e. The van der Waals surface area contributed by atoms with E-state index in [0.717, 1.165) is 27.3 Å².